The molecule has 0 aliphatic carbocycles. The molecule has 1 fully saturated rings. The van der Waals surface area contributed by atoms with Gasteiger partial charge in [-0.2, -0.15) is 20.1 Å². The van der Waals surface area contributed by atoms with E-state index in [4.69, 9.17) is 27.9 Å². The fraction of sp³-hybridized carbons (Fsp3) is 0.286. The van der Waals surface area contributed by atoms with Crippen LogP contribution >= 0.6 is 23.2 Å². The average Bonchev–Trinajstić information content (AvgIpc) is 2.82. The Morgan fingerprint density at radius 1 is 1.00 bits per heavy atom. The molecule has 35 heavy (non-hydrogen) atoms. The van der Waals surface area contributed by atoms with Gasteiger partial charge in [-0.15, -0.1) is 18.3 Å². The number of nitrogens with one attached hydrogen (secondary N) is 1. The normalized spacial score (nSPS) is 14.4. The summed E-state index contributed by atoms with van der Waals surface area (Å²) in [7, 11) is 0. The van der Waals surface area contributed by atoms with Crippen LogP contribution in [0.2, 0.25) is 10.0 Å². The van der Waals surface area contributed by atoms with Gasteiger partial charge in [-0.1, -0.05) is 29.3 Å². The van der Waals surface area contributed by atoms with Gasteiger partial charge in [-0.25, -0.2) is 0 Å². The maximum atomic E-state index is 12.4. The van der Waals surface area contributed by atoms with Crippen molar-refractivity contribution >= 4 is 46.7 Å². The van der Waals surface area contributed by atoms with Crippen molar-refractivity contribution in [1.29, 1.82) is 0 Å². The minimum absolute atomic E-state index is 0.0566. The van der Waals surface area contributed by atoms with Gasteiger partial charge in [0.2, 0.25) is 11.9 Å². The lowest BCUT2D eigenvalue weighted by atomic mass is 10.2. The van der Waals surface area contributed by atoms with E-state index in [2.05, 4.69) is 35.2 Å². The van der Waals surface area contributed by atoms with Crippen molar-refractivity contribution in [2.45, 2.75) is 12.9 Å². The SMILES string of the molecule is FC(F)(F)Oc1ccc(Nc2nc(N=NCc3ccc(Cl)c(Cl)c3)nc(N3CCOCC3)n2)cc1. The molecular formula is C21H18Cl2F3N7O2. The third-order valence-electron chi connectivity index (χ3n) is 4.65. The lowest BCUT2D eigenvalue weighted by Crippen LogP contribution is -2.37. The number of hydrogen-bond donors (Lipinski definition) is 1. The fourth-order valence-electron chi connectivity index (χ4n) is 3.05. The van der Waals surface area contributed by atoms with Crippen LogP contribution < -0.4 is 15.0 Å². The first-order chi connectivity index (χ1) is 16.7. The Balaban J connectivity index is 1.54. The highest BCUT2D eigenvalue weighted by Gasteiger charge is 2.31. The molecule has 2 heterocycles. The largest absolute Gasteiger partial charge is 0.573 e. The van der Waals surface area contributed by atoms with Gasteiger partial charge in [0.15, 0.2) is 0 Å². The molecule has 4 rings (SSSR count). The minimum atomic E-state index is -4.77. The summed E-state index contributed by atoms with van der Waals surface area (Å²) in [4.78, 5) is 15.0. The fourth-order valence-corrected chi connectivity index (χ4v) is 3.37. The van der Waals surface area contributed by atoms with Gasteiger partial charge in [-0.05, 0) is 42.0 Å². The van der Waals surface area contributed by atoms with E-state index >= 15 is 0 Å². The predicted molar refractivity (Wildman–Crippen MR) is 124 cm³/mol. The number of hydrogen-bond acceptors (Lipinski definition) is 9. The lowest BCUT2D eigenvalue weighted by molar-refractivity contribution is -0.274. The predicted octanol–water partition coefficient (Wildman–Crippen LogP) is 5.94. The topological polar surface area (TPSA) is 97.1 Å². The molecule has 14 heteroatoms. The number of benzene rings is 2. The summed E-state index contributed by atoms with van der Waals surface area (Å²) in [6, 6.07) is 10.3. The number of halogens is 5. The molecule has 0 atom stereocenters. The van der Waals surface area contributed by atoms with Crippen molar-refractivity contribution in [3.63, 3.8) is 0 Å². The lowest BCUT2D eigenvalue weighted by Gasteiger charge is -2.26. The second-order valence-corrected chi connectivity index (χ2v) is 8.02. The zero-order chi connectivity index (χ0) is 24.8. The Hall–Kier alpha value is -3.22. The molecular weight excluding hydrogens is 510 g/mol. The van der Waals surface area contributed by atoms with E-state index < -0.39 is 6.36 Å². The molecule has 3 aromatic rings. The Kier molecular flexibility index (Phi) is 7.83. The Labute approximate surface area is 207 Å². The quantitative estimate of drug-likeness (QED) is 0.379. The Bertz CT molecular complexity index is 1190. The zero-order valence-corrected chi connectivity index (χ0v) is 19.5. The van der Waals surface area contributed by atoms with Crippen molar-refractivity contribution in [3.05, 3.63) is 58.1 Å². The smallest absolute Gasteiger partial charge is 0.406 e. The molecule has 0 spiro atoms. The first kappa shape index (κ1) is 24.9. The summed E-state index contributed by atoms with van der Waals surface area (Å²) in [6.45, 7) is 2.41. The zero-order valence-electron chi connectivity index (χ0n) is 18.0. The van der Waals surface area contributed by atoms with Crippen molar-refractivity contribution in [2.24, 2.45) is 10.2 Å². The molecule has 0 bridgehead atoms. The number of nitrogens with zero attached hydrogens (tertiary/aromatic N) is 6. The van der Waals surface area contributed by atoms with Crippen molar-refractivity contribution in [1.82, 2.24) is 15.0 Å². The molecule has 0 unspecified atom stereocenters. The van der Waals surface area contributed by atoms with Gasteiger partial charge < -0.3 is 19.7 Å². The van der Waals surface area contributed by atoms with E-state index in [9.17, 15) is 13.2 Å². The average molecular weight is 528 g/mol. The van der Waals surface area contributed by atoms with E-state index in [0.717, 1.165) is 5.56 Å². The monoisotopic (exact) mass is 527 g/mol. The van der Waals surface area contributed by atoms with Crippen LogP contribution in [-0.4, -0.2) is 47.6 Å². The minimum Gasteiger partial charge on any atom is -0.406 e. The van der Waals surface area contributed by atoms with Crippen molar-refractivity contribution in [3.8, 4) is 5.75 Å². The van der Waals surface area contributed by atoms with Crippen LogP contribution in [0.4, 0.5) is 36.7 Å². The van der Waals surface area contributed by atoms with Crippen LogP contribution in [0.5, 0.6) is 5.75 Å². The van der Waals surface area contributed by atoms with Crippen LogP contribution in [-0.2, 0) is 11.3 Å². The van der Waals surface area contributed by atoms with Gasteiger partial charge in [0.25, 0.3) is 5.95 Å². The first-order valence-electron chi connectivity index (χ1n) is 10.3. The Morgan fingerprint density at radius 2 is 1.74 bits per heavy atom. The van der Waals surface area contributed by atoms with Crippen LogP contribution in [0.25, 0.3) is 0 Å². The van der Waals surface area contributed by atoms with Crippen LogP contribution in [0.15, 0.2) is 52.7 Å². The maximum Gasteiger partial charge on any atom is 0.573 e. The summed E-state index contributed by atoms with van der Waals surface area (Å²) < 4.78 is 46.4. The second-order valence-electron chi connectivity index (χ2n) is 7.20. The molecule has 1 aliphatic rings. The second kappa shape index (κ2) is 11.0. The van der Waals surface area contributed by atoms with Crippen molar-refractivity contribution < 1.29 is 22.6 Å². The number of alkyl halides is 3. The molecule has 1 aliphatic heterocycles. The third kappa shape index (κ3) is 7.38. The van der Waals surface area contributed by atoms with Gasteiger partial charge in [0.1, 0.15) is 5.75 Å². The van der Waals surface area contributed by atoms with E-state index in [1.54, 1.807) is 18.2 Å². The highest BCUT2D eigenvalue weighted by Crippen LogP contribution is 2.26. The van der Waals surface area contributed by atoms with E-state index in [1.807, 2.05) is 4.90 Å². The van der Waals surface area contributed by atoms with Gasteiger partial charge in [0, 0.05) is 18.8 Å². The molecule has 9 nitrogen and oxygen atoms in total. The molecule has 1 N–H and O–H groups in total. The van der Waals surface area contributed by atoms with Crippen LogP contribution in [0.3, 0.4) is 0 Å². The summed E-state index contributed by atoms with van der Waals surface area (Å²) in [5, 5.41) is 12.0. The number of rotatable bonds is 7. The van der Waals surface area contributed by atoms with E-state index in [0.29, 0.717) is 48.0 Å². The number of aromatic nitrogens is 3. The molecule has 1 saturated heterocycles. The molecule has 0 radical (unpaired) electrons. The summed E-state index contributed by atoms with van der Waals surface area (Å²) in [5.41, 5.74) is 1.24. The Morgan fingerprint density at radius 3 is 2.43 bits per heavy atom. The number of ether oxygens (including phenoxy) is 2. The van der Waals surface area contributed by atoms with Crippen molar-refractivity contribution in [2.75, 3.05) is 36.5 Å². The molecule has 0 amide bonds. The van der Waals surface area contributed by atoms with E-state index in [1.165, 1.54) is 24.3 Å². The highest BCUT2D eigenvalue weighted by molar-refractivity contribution is 6.42. The van der Waals surface area contributed by atoms with E-state index in [-0.39, 0.29) is 24.2 Å². The van der Waals surface area contributed by atoms with Gasteiger partial charge in [0.05, 0.1) is 29.8 Å². The van der Waals surface area contributed by atoms with Gasteiger partial charge in [-0.3, -0.25) is 0 Å². The standard InChI is InChI=1S/C21H18Cl2F3N7O2/c22-16-6-1-13(11-17(16)23)12-27-32-19-29-18(30-20(31-19)33-7-9-34-10-8-33)28-14-2-4-15(5-3-14)35-21(24,25)26/h1-6,11H,7-10,12H2,(H,28,29,30,31). The van der Waals surface area contributed by atoms with Gasteiger partial charge >= 0.3 is 6.36 Å². The van der Waals surface area contributed by atoms with Crippen LogP contribution in [0.1, 0.15) is 5.56 Å². The molecule has 184 valence electrons. The molecule has 2 aromatic carbocycles. The third-order valence-corrected chi connectivity index (χ3v) is 5.39. The first-order valence-corrected chi connectivity index (χ1v) is 11.0. The molecule has 0 saturated carbocycles. The summed E-state index contributed by atoms with van der Waals surface area (Å²) >= 11 is 12.0. The van der Waals surface area contributed by atoms with Crippen LogP contribution in [0, 0.1) is 0 Å². The number of anilines is 3. The highest BCUT2D eigenvalue weighted by atomic mass is 35.5. The maximum absolute atomic E-state index is 12.4. The summed E-state index contributed by atoms with van der Waals surface area (Å²) in [6.07, 6.45) is -4.77. The number of morpholine rings is 1. The summed E-state index contributed by atoms with van der Waals surface area (Å²) in [5.74, 6) is 0.228. The molecule has 1 aromatic heterocycles. The number of azo groups is 1.